The number of rotatable bonds is 4. The van der Waals surface area contributed by atoms with Crippen LogP contribution in [0.4, 0.5) is 0 Å². The van der Waals surface area contributed by atoms with Gasteiger partial charge >= 0.3 is 0 Å². The lowest BCUT2D eigenvalue weighted by atomic mass is 10.2. The normalized spacial score (nSPS) is 21.6. The minimum absolute atomic E-state index is 0.155. The highest BCUT2D eigenvalue weighted by Crippen LogP contribution is 2.23. The Kier molecular flexibility index (Phi) is 4.00. The third kappa shape index (κ3) is 2.97. The second-order valence-electron chi connectivity index (χ2n) is 5.17. The second kappa shape index (κ2) is 5.92. The van der Waals surface area contributed by atoms with Gasteiger partial charge in [0.2, 0.25) is 11.7 Å². The van der Waals surface area contributed by atoms with Gasteiger partial charge < -0.3 is 15.0 Å². The lowest BCUT2D eigenvalue weighted by Crippen LogP contribution is -2.38. The van der Waals surface area contributed by atoms with Crippen molar-refractivity contribution in [2.24, 2.45) is 12.8 Å². The average Bonchev–Trinajstić information content (AvgIpc) is 3.15. The van der Waals surface area contributed by atoms with Crippen molar-refractivity contribution in [1.29, 1.82) is 0 Å². The molecule has 1 fully saturated rings. The lowest BCUT2D eigenvalue weighted by molar-refractivity contribution is -0.0334. The minimum Gasteiger partial charge on any atom is -0.367 e. The van der Waals surface area contributed by atoms with Gasteiger partial charge in [-0.1, -0.05) is 12.1 Å². The Morgan fingerprint density at radius 1 is 1.52 bits per heavy atom. The summed E-state index contributed by atoms with van der Waals surface area (Å²) >= 11 is 0. The quantitative estimate of drug-likeness (QED) is 0.862. The number of nitrogens with zero attached hydrogens (tertiary/aromatic N) is 5. The molecule has 2 N–H and O–H groups in total. The van der Waals surface area contributed by atoms with E-state index in [1.54, 1.807) is 10.9 Å². The maximum absolute atomic E-state index is 6.13. The number of hydrogen-bond donors (Lipinski definition) is 1. The number of aryl methyl sites for hydroxylation is 1. The molecule has 1 saturated heterocycles. The molecule has 0 aliphatic carbocycles. The van der Waals surface area contributed by atoms with E-state index in [0.29, 0.717) is 18.3 Å². The smallest absolute Gasteiger partial charge is 0.248 e. The molecule has 2 aromatic heterocycles. The summed E-state index contributed by atoms with van der Waals surface area (Å²) in [6.07, 6.45) is 3.38. The van der Waals surface area contributed by atoms with Gasteiger partial charge in [0, 0.05) is 31.9 Å². The lowest BCUT2D eigenvalue weighted by Gasteiger charge is -2.30. The first kappa shape index (κ1) is 14.2. The predicted octanol–water partition coefficient (Wildman–Crippen LogP) is 0.244. The van der Waals surface area contributed by atoms with E-state index in [2.05, 4.69) is 27.1 Å². The van der Waals surface area contributed by atoms with Gasteiger partial charge in [-0.3, -0.25) is 9.58 Å². The molecule has 3 rings (SSSR count). The second-order valence-corrected chi connectivity index (χ2v) is 5.17. The zero-order valence-corrected chi connectivity index (χ0v) is 12.3. The summed E-state index contributed by atoms with van der Waals surface area (Å²) < 4.78 is 12.7. The Labute approximate surface area is 122 Å². The number of hydrogen-bond acceptors (Lipinski definition) is 7. The van der Waals surface area contributed by atoms with E-state index in [-0.39, 0.29) is 6.10 Å². The van der Waals surface area contributed by atoms with E-state index in [9.17, 15) is 0 Å². The zero-order valence-electron chi connectivity index (χ0n) is 12.3. The van der Waals surface area contributed by atoms with Crippen molar-refractivity contribution in [3.8, 4) is 0 Å². The Hall–Kier alpha value is -1.77. The highest BCUT2D eigenvalue weighted by atomic mass is 16.5. The van der Waals surface area contributed by atoms with Crippen LogP contribution in [0.1, 0.15) is 36.3 Å². The van der Waals surface area contributed by atoms with Gasteiger partial charge in [0.25, 0.3) is 0 Å². The van der Waals surface area contributed by atoms with Crippen molar-refractivity contribution < 1.29 is 9.26 Å². The van der Waals surface area contributed by atoms with E-state index in [0.717, 1.165) is 25.2 Å². The van der Waals surface area contributed by atoms with Crippen LogP contribution in [0.5, 0.6) is 0 Å². The van der Waals surface area contributed by atoms with Crippen LogP contribution in [-0.2, 0) is 11.8 Å². The van der Waals surface area contributed by atoms with Crippen LogP contribution in [0.2, 0.25) is 0 Å². The Morgan fingerprint density at radius 2 is 2.38 bits per heavy atom. The standard InChI is InChI=1S/C13H20N6O2/c1-3-19-4-5-20-10(8-19)12-16-13(21-17-12)11(14)9-6-15-18(2)7-9/h6-7,10-11H,3-5,8,14H2,1-2H3. The maximum atomic E-state index is 6.13. The van der Waals surface area contributed by atoms with Crippen LogP contribution in [-0.4, -0.2) is 51.1 Å². The van der Waals surface area contributed by atoms with Gasteiger partial charge in [-0.2, -0.15) is 10.1 Å². The number of morpholine rings is 1. The molecule has 0 amide bonds. The summed E-state index contributed by atoms with van der Waals surface area (Å²) in [5, 5.41) is 8.11. The molecule has 1 aliphatic rings. The fourth-order valence-electron chi connectivity index (χ4n) is 2.39. The molecule has 2 atom stereocenters. The topological polar surface area (TPSA) is 95.2 Å². The van der Waals surface area contributed by atoms with Gasteiger partial charge in [-0.05, 0) is 6.54 Å². The number of likely N-dealkylation sites (N-methyl/N-ethyl adjacent to an activating group) is 1. The maximum Gasteiger partial charge on any atom is 0.248 e. The van der Waals surface area contributed by atoms with Crippen LogP contribution < -0.4 is 5.73 Å². The Morgan fingerprint density at radius 3 is 3.10 bits per heavy atom. The van der Waals surface area contributed by atoms with Crippen LogP contribution in [0, 0.1) is 0 Å². The molecule has 0 saturated carbocycles. The summed E-state index contributed by atoms with van der Waals surface area (Å²) in [6, 6.07) is -0.467. The van der Waals surface area contributed by atoms with Crippen molar-refractivity contribution in [2.75, 3.05) is 26.2 Å². The molecule has 2 unspecified atom stereocenters. The molecule has 0 aromatic carbocycles. The van der Waals surface area contributed by atoms with Gasteiger partial charge in [0.05, 0.1) is 12.8 Å². The molecule has 0 spiro atoms. The van der Waals surface area contributed by atoms with Gasteiger partial charge in [0.1, 0.15) is 12.1 Å². The fourth-order valence-corrected chi connectivity index (χ4v) is 2.39. The monoisotopic (exact) mass is 292 g/mol. The predicted molar refractivity (Wildman–Crippen MR) is 74.3 cm³/mol. The van der Waals surface area contributed by atoms with E-state index in [4.69, 9.17) is 15.0 Å². The molecular weight excluding hydrogens is 272 g/mol. The number of nitrogens with two attached hydrogens (primary N) is 1. The van der Waals surface area contributed by atoms with E-state index >= 15 is 0 Å². The van der Waals surface area contributed by atoms with Crippen molar-refractivity contribution in [3.05, 3.63) is 29.7 Å². The molecule has 2 aromatic rings. The van der Waals surface area contributed by atoms with E-state index in [1.165, 1.54) is 0 Å². The molecule has 0 radical (unpaired) electrons. The molecule has 0 bridgehead atoms. The van der Waals surface area contributed by atoms with Crippen LogP contribution >= 0.6 is 0 Å². The molecule has 3 heterocycles. The van der Waals surface area contributed by atoms with Gasteiger partial charge in [0.15, 0.2) is 0 Å². The molecule has 114 valence electrons. The third-order valence-electron chi connectivity index (χ3n) is 3.69. The minimum atomic E-state index is -0.467. The van der Waals surface area contributed by atoms with Gasteiger partial charge in [-0.25, -0.2) is 0 Å². The van der Waals surface area contributed by atoms with Crippen molar-refractivity contribution >= 4 is 0 Å². The molecule has 1 aliphatic heterocycles. The molecular formula is C13H20N6O2. The molecule has 8 heteroatoms. The van der Waals surface area contributed by atoms with E-state index in [1.807, 2.05) is 13.2 Å². The third-order valence-corrected chi connectivity index (χ3v) is 3.69. The first-order valence-electron chi connectivity index (χ1n) is 7.09. The Bertz CT molecular complexity index is 595. The van der Waals surface area contributed by atoms with Crippen LogP contribution in [0.15, 0.2) is 16.9 Å². The molecule has 21 heavy (non-hydrogen) atoms. The molecule has 8 nitrogen and oxygen atoms in total. The van der Waals surface area contributed by atoms with Crippen LogP contribution in [0.3, 0.4) is 0 Å². The van der Waals surface area contributed by atoms with Crippen LogP contribution in [0.25, 0.3) is 0 Å². The SMILES string of the molecule is CCN1CCOC(c2noc(C(N)c3cnn(C)c3)n2)C1. The zero-order chi connectivity index (χ0) is 14.8. The first-order valence-corrected chi connectivity index (χ1v) is 7.09. The Balaban J connectivity index is 1.73. The summed E-state index contributed by atoms with van der Waals surface area (Å²) in [5.74, 6) is 0.942. The number of aromatic nitrogens is 4. The largest absolute Gasteiger partial charge is 0.367 e. The summed E-state index contributed by atoms with van der Waals surface area (Å²) in [5.41, 5.74) is 6.97. The highest BCUT2D eigenvalue weighted by molar-refractivity contribution is 5.17. The van der Waals surface area contributed by atoms with Crippen molar-refractivity contribution in [3.63, 3.8) is 0 Å². The van der Waals surface area contributed by atoms with Crippen molar-refractivity contribution in [2.45, 2.75) is 19.1 Å². The summed E-state index contributed by atoms with van der Waals surface area (Å²) in [6.45, 7) is 5.50. The average molecular weight is 292 g/mol. The summed E-state index contributed by atoms with van der Waals surface area (Å²) in [7, 11) is 1.84. The highest BCUT2D eigenvalue weighted by Gasteiger charge is 2.27. The number of ether oxygens (including phenoxy) is 1. The first-order chi connectivity index (χ1) is 10.2. The van der Waals surface area contributed by atoms with E-state index < -0.39 is 6.04 Å². The van der Waals surface area contributed by atoms with Gasteiger partial charge in [-0.15, -0.1) is 0 Å². The van der Waals surface area contributed by atoms with Crippen molar-refractivity contribution in [1.82, 2.24) is 24.8 Å². The summed E-state index contributed by atoms with van der Waals surface area (Å²) in [4.78, 5) is 6.69. The fraction of sp³-hybridized carbons (Fsp3) is 0.615.